The second kappa shape index (κ2) is 8.67. The van der Waals surface area contributed by atoms with Crippen LogP contribution in [0, 0.1) is 24.6 Å². The SMILES string of the molecule is Cc1c(C(=O)NCc2ccc(F)cc2)oc2ccc(S(=O)(=O)N3CC(C)CC(C)C3)cc12. The zero-order valence-electron chi connectivity index (χ0n) is 18.4. The van der Waals surface area contributed by atoms with Crippen molar-refractivity contribution in [1.29, 1.82) is 0 Å². The first kappa shape index (κ1) is 22.5. The molecule has 1 N–H and O–H groups in total. The number of amides is 1. The Morgan fingerprint density at radius 2 is 1.78 bits per heavy atom. The van der Waals surface area contributed by atoms with Crippen LogP contribution < -0.4 is 5.32 Å². The minimum Gasteiger partial charge on any atom is -0.451 e. The molecule has 0 aliphatic carbocycles. The topological polar surface area (TPSA) is 79.6 Å². The molecular weight excluding hydrogens is 431 g/mol. The minimum atomic E-state index is -3.64. The van der Waals surface area contributed by atoms with E-state index < -0.39 is 15.9 Å². The van der Waals surface area contributed by atoms with Gasteiger partial charge in [0.25, 0.3) is 5.91 Å². The number of aryl methyl sites for hydroxylation is 1. The summed E-state index contributed by atoms with van der Waals surface area (Å²) in [5, 5.41) is 3.35. The lowest BCUT2D eigenvalue weighted by molar-refractivity contribution is 0.0924. The number of hydrogen-bond donors (Lipinski definition) is 1. The number of benzene rings is 2. The predicted molar refractivity (Wildman–Crippen MR) is 120 cm³/mol. The maximum absolute atomic E-state index is 13.2. The number of hydrogen-bond acceptors (Lipinski definition) is 4. The van der Waals surface area contributed by atoms with Gasteiger partial charge < -0.3 is 9.73 Å². The Labute approximate surface area is 187 Å². The van der Waals surface area contributed by atoms with E-state index in [1.54, 1.807) is 35.5 Å². The second-order valence-corrected chi connectivity index (χ2v) is 10.7. The highest BCUT2D eigenvalue weighted by molar-refractivity contribution is 7.89. The van der Waals surface area contributed by atoms with Crippen molar-refractivity contribution in [2.24, 2.45) is 11.8 Å². The quantitative estimate of drug-likeness (QED) is 0.612. The van der Waals surface area contributed by atoms with Gasteiger partial charge >= 0.3 is 0 Å². The molecule has 8 heteroatoms. The summed E-state index contributed by atoms with van der Waals surface area (Å²) in [6, 6.07) is 10.6. The average Bonchev–Trinajstić information content (AvgIpc) is 3.08. The number of sulfonamides is 1. The van der Waals surface area contributed by atoms with Crippen LogP contribution >= 0.6 is 0 Å². The molecule has 0 radical (unpaired) electrons. The second-order valence-electron chi connectivity index (χ2n) is 8.79. The Morgan fingerprint density at radius 1 is 1.12 bits per heavy atom. The van der Waals surface area contributed by atoms with Crippen molar-refractivity contribution in [3.05, 3.63) is 65.2 Å². The van der Waals surface area contributed by atoms with Crippen LogP contribution in [0.15, 0.2) is 51.8 Å². The molecular formula is C24H27FN2O4S. The van der Waals surface area contributed by atoms with Crippen LogP contribution in [-0.4, -0.2) is 31.7 Å². The van der Waals surface area contributed by atoms with Gasteiger partial charge in [-0.3, -0.25) is 4.79 Å². The first-order valence-corrected chi connectivity index (χ1v) is 12.1. The molecule has 3 aromatic rings. The smallest absolute Gasteiger partial charge is 0.287 e. The standard InChI is InChI=1S/C24H27FN2O4S/c1-15-10-16(2)14-27(13-15)32(29,30)20-8-9-22-21(11-20)17(3)23(31-22)24(28)26-12-18-4-6-19(25)7-5-18/h4-9,11,15-16H,10,12-14H2,1-3H3,(H,26,28). The Bertz CT molecular complexity index is 1240. The highest BCUT2D eigenvalue weighted by Crippen LogP contribution is 2.31. The largest absolute Gasteiger partial charge is 0.451 e. The van der Waals surface area contributed by atoms with Crippen LogP contribution in [0.5, 0.6) is 0 Å². The van der Waals surface area contributed by atoms with E-state index in [9.17, 15) is 17.6 Å². The summed E-state index contributed by atoms with van der Waals surface area (Å²) in [5.74, 6) is 0.00376. The molecule has 32 heavy (non-hydrogen) atoms. The fourth-order valence-electron chi connectivity index (χ4n) is 4.39. The van der Waals surface area contributed by atoms with Gasteiger partial charge in [0.1, 0.15) is 11.4 Å². The Kier molecular flexibility index (Phi) is 6.09. The normalized spacial score (nSPS) is 19.9. The molecule has 4 rings (SSSR count). The van der Waals surface area contributed by atoms with Crippen molar-refractivity contribution in [2.75, 3.05) is 13.1 Å². The number of furan rings is 1. The third-order valence-corrected chi connectivity index (χ3v) is 7.78. The highest BCUT2D eigenvalue weighted by atomic mass is 32.2. The third kappa shape index (κ3) is 4.42. The molecule has 2 unspecified atom stereocenters. The van der Waals surface area contributed by atoms with Crippen molar-refractivity contribution in [3.8, 4) is 0 Å². The lowest BCUT2D eigenvalue weighted by atomic mass is 9.94. The monoisotopic (exact) mass is 458 g/mol. The van der Waals surface area contributed by atoms with E-state index in [1.165, 1.54) is 18.2 Å². The number of carbonyl (C=O) groups is 1. The molecule has 2 heterocycles. The zero-order chi connectivity index (χ0) is 23.0. The molecule has 1 amide bonds. The van der Waals surface area contributed by atoms with E-state index in [1.807, 2.05) is 0 Å². The molecule has 1 saturated heterocycles. The number of halogens is 1. The molecule has 1 fully saturated rings. The highest BCUT2D eigenvalue weighted by Gasteiger charge is 2.32. The average molecular weight is 459 g/mol. The molecule has 2 aromatic carbocycles. The van der Waals surface area contributed by atoms with Gasteiger partial charge in [0.05, 0.1) is 4.90 Å². The zero-order valence-corrected chi connectivity index (χ0v) is 19.2. The van der Waals surface area contributed by atoms with Crippen LogP contribution in [0.2, 0.25) is 0 Å². The number of rotatable bonds is 5. The van der Waals surface area contributed by atoms with E-state index in [4.69, 9.17) is 4.42 Å². The summed E-state index contributed by atoms with van der Waals surface area (Å²) in [6.45, 7) is 7.11. The van der Waals surface area contributed by atoms with Crippen LogP contribution in [0.4, 0.5) is 4.39 Å². The summed E-state index contributed by atoms with van der Waals surface area (Å²) in [5.41, 5.74) is 1.79. The lowest BCUT2D eigenvalue weighted by Gasteiger charge is -2.34. The first-order valence-electron chi connectivity index (χ1n) is 10.7. The van der Waals surface area contributed by atoms with Crippen LogP contribution in [0.3, 0.4) is 0 Å². The number of piperidine rings is 1. The molecule has 2 atom stereocenters. The van der Waals surface area contributed by atoms with E-state index in [0.29, 0.717) is 41.5 Å². The van der Waals surface area contributed by atoms with E-state index in [-0.39, 0.29) is 23.0 Å². The Hall–Kier alpha value is -2.71. The number of fused-ring (bicyclic) bond motifs is 1. The number of nitrogens with one attached hydrogen (secondary N) is 1. The van der Waals surface area contributed by atoms with E-state index in [2.05, 4.69) is 19.2 Å². The van der Waals surface area contributed by atoms with Crippen molar-refractivity contribution in [3.63, 3.8) is 0 Å². The van der Waals surface area contributed by atoms with Gasteiger partial charge in [-0.15, -0.1) is 0 Å². The summed E-state index contributed by atoms with van der Waals surface area (Å²) < 4.78 is 46.8. The molecule has 0 spiro atoms. The van der Waals surface area contributed by atoms with Crippen molar-refractivity contribution in [2.45, 2.75) is 38.6 Å². The fraction of sp³-hybridized carbons (Fsp3) is 0.375. The van der Waals surface area contributed by atoms with Gasteiger partial charge in [-0.25, -0.2) is 12.8 Å². The van der Waals surface area contributed by atoms with Crippen LogP contribution in [0.1, 0.15) is 41.9 Å². The summed E-state index contributed by atoms with van der Waals surface area (Å²) in [7, 11) is -3.64. The van der Waals surface area contributed by atoms with Gasteiger partial charge in [0.15, 0.2) is 5.76 Å². The maximum atomic E-state index is 13.2. The fourth-order valence-corrected chi connectivity index (χ4v) is 6.10. The summed E-state index contributed by atoms with van der Waals surface area (Å²) in [6.07, 6.45) is 1.02. The van der Waals surface area contributed by atoms with Crippen molar-refractivity contribution in [1.82, 2.24) is 9.62 Å². The van der Waals surface area contributed by atoms with Gasteiger partial charge in [-0.1, -0.05) is 26.0 Å². The van der Waals surface area contributed by atoms with E-state index in [0.717, 1.165) is 12.0 Å². The minimum absolute atomic E-state index is 0.136. The molecule has 1 aliphatic rings. The van der Waals surface area contributed by atoms with Gasteiger partial charge in [-0.05, 0) is 61.1 Å². The number of carbonyl (C=O) groups excluding carboxylic acids is 1. The van der Waals surface area contributed by atoms with Crippen LogP contribution in [0.25, 0.3) is 11.0 Å². The predicted octanol–water partition coefficient (Wildman–Crippen LogP) is 4.48. The molecule has 1 aromatic heterocycles. The lowest BCUT2D eigenvalue weighted by Crippen LogP contribution is -2.42. The van der Waals surface area contributed by atoms with Gasteiger partial charge in [-0.2, -0.15) is 4.31 Å². The summed E-state index contributed by atoms with van der Waals surface area (Å²) >= 11 is 0. The molecule has 170 valence electrons. The molecule has 0 bridgehead atoms. The van der Waals surface area contributed by atoms with Crippen LogP contribution in [-0.2, 0) is 16.6 Å². The van der Waals surface area contributed by atoms with Gasteiger partial charge in [0.2, 0.25) is 10.0 Å². The number of nitrogens with zero attached hydrogens (tertiary/aromatic N) is 1. The summed E-state index contributed by atoms with van der Waals surface area (Å²) in [4.78, 5) is 12.9. The van der Waals surface area contributed by atoms with E-state index >= 15 is 0 Å². The Morgan fingerprint density at radius 3 is 2.44 bits per heavy atom. The third-order valence-electron chi connectivity index (χ3n) is 5.95. The van der Waals surface area contributed by atoms with Gasteiger partial charge in [0, 0.05) is 30.6 Å². The molecule has 1 aliphatic heterocycles. The Balaban J connectivity index is 1.58. The maximum Gasteiger partial charge on any atom is 0.287 e. The first-order chi connectivity index (χ1) is 15.1. The van der Waals surface area contributed by atoms with Crippen molar-refractivity contribution < 1.29 is 22.0 Å². The van der Waals surface area contributed by atoms with Crippen molar-refractivity contribution >= 4 is 26.9 Å². The molecule has 6 nitrogen and oxygen atoms in total. The molecule has 0 saturated carbocycles.